The molecule has 8 bridgehead atoms. The minimum Gasteiger partial charge on any atom is -0.450 e. The summed E-state index contributed by atoms with van der Waals surface area (Å²) in [5.74, 6) is 3.74. The molecule has 0 fully saturated rings. The fourth-order valence-electron chi connectivity index (χ4n) is 15.1. The maximum absolute atomic E-state index is 7.61. The van der Waals surface area contributed by atoms with Crippen LogP contribution in [-0.2, 0) is 25.7 Å². The smallest absolute Gasteiger partial charge is 0.284 e. The van der Waals surface area contributed by atoms with Gasteiger partial charge in [-0.05, 0) is 162 Å². The molecule has 5 heterocycles. The molecule has 17 rings (SSSR count). The monoisotopic (exact) mass is 1570 g/mol. The van der Waals surface area contributed by atoms with Crippen LogP contribution in [0.25, 0.3) is 0 Å². The first kappa shape index (κ1) is 64.3. The molecule has 4 atom stereocenters. The normalized spacial score (nSPS) is 19.6. The molecule has 12 aromatic rings. The van der Waals surface area contributed by atoms with Gasteiger partial charge in [0.15, 0.2) is 0 Å². The van der Waals surface area contributed by atoms with Gasteiger partial charge in [0.25, 0.3) is 25.2 Å². The third kappa shape index (κ3) is 13.3. The van der Waals surface area contributed by atoms with Crippen LogP contribution in [0.1, 0.15) is 164 Å². The molecule has 1 aliphatic carbocycles. The topological polar surface area (TPSA) is 86.7 Å². The number of benzene rings is 11. The van der Waals surface area contributed by atoms with Gasteiger partial charge in [-0.25, -0.2) is 4.98 Å². The Morgan fingerprint density at radius 3 is 0.720 bits per heavy atom. The van der Waals surface area contributed by atoms with Crippen LogP contribution >= 0.6 is 63.7 Å². The van der Waals surface area contributed by atoms with Crippen molar-refractivity contribution in [2.75, 3.05) is 0 Å². The number of rotatable bonds is 16. The van der Waals surface area contributed by atoms with Gasteiger partial charge in [0, 0.05) is 123 Å². The summed E-state index contributed by atoms with van der Waals surface area (Å²) >= 11 is 15.0. The van der Waals surface area contributed by atoms with E-state index in [1.807, 2.05) is 54.6 Å². The van der Waals surface area contributed by atoms with E-state index in [2.05, 4.69) is 270 Å². The van der Waals surface area contributed by atoms with E-state index >= 15 is 0 Å². The quantitative estimate of drug-likeness (QED) is 0.0878. The number of hydrogen-bond donors (Lipinski definition) is 0. The van der Waals surface area contributed by atoms with Crippen molar-refractivity contribution >= 4 is 63.7 Å². The lowest BCUT2D eigenvalue weighted by Crippen LogP contribution is -2.26. The molecule has 4 unspecified atom stereocenters. The average Bonchev–Trinajstić information content (AvgIpc) is 0.730. The largest absolute Gasteiger partial charge is 0.450 e. The van der Waals surface area contributed by atoms with E-state index in [4.69, 9.17) is 42.9 Å². The molecule has 0 amide bonds. The summed E-state index contributed by atoms with van der Waals surface area (Å²) < 4.78 is 64.2. The maximum Gasteiger partial charge on any atom is 0.284 e. The van der Waals surface area contributed by atoms with Crippen LogP contribution in [0.2, 0.25) is 0 Å². The van der Waals surface area contributed by atoms with Gasteiger partial charge in [-0.3, -0.25) is 0 Å². The number of aryl methyl sites for hydroxylation is 4. The van der Waals surface area contributed by atoms with Crippen molar-refractivity contribution in [2.45, 2.75) is 100 Å². The minimum absolute atomic E-state index is 0.315. The molecule has 1 aromatic heterocycles. The lowest BCUT2D eigenvalue weighted by Gasteiger charge is -2.38. The van der Waals surface area contributed by atoms with Crippen molar-refractivity contribution in [1.29, 1.82) is 0 Å². The third-order valence-corrected chi connectivity index (χ3v) is 22.1. The molecule has 0 spiro atoms. The first-order chi connectivity index (χ1) is 49.1. The van der Waals surface area contributed by atoms with Gasteiger partial charge < -0.3 is 37.9 Å². The molecule has 11 aromatic carbocycles. The Balaban J connectivity index is 1.01. The molecule has 0 saturated heterocycles. The van der Waals surface area contributed by atoms with E-state index in [-0.39, 0.29) is 23.7 Å². The van der Waals surface area contributed by atoms with Crippen molar-refractivity contribution in [3.05, 3.63) is 368 Å². The Morgan fingerprint density at radius 1 is 0.240 bits per heavy atom. The van der Waals surface area contributed by atoms with Crippen LogP contribution in [0, 0.1) is 0 Å². The van der Waals surface area contributed by atoms with E-state index in [1.165, 1.54) is 22.3 Å². The number of pyridine rings is 1. The Labute approximate surface area is 615 Å². The van der Waals surface area contributed by atoms with Crippen molar-refractivity contribution in [2.24, 2.45) is 0 Å². The van der Waals surface area contributed by atoms with E-state index in [0.717, 1.165) is 100 Å². The summed E-state index contributed by atoms with van der Waals surface area (Å²) in [6.07, 6.45) is 1.83. The predicted octanol–water partition coefficient (Wildman–Crippen LogP) is 23.4. The zero-order chi connectivity index (χ0) is 67.2. The Hall–Kier alpha value is -9.11. The van der Waals surface area contributed by atoms with Crippen LogP contribution in [0.15, 0.2) is 279 Å². The van der Waals surface area contributed by atoms with Crippen LogP contribution in [0.5, 0.6) is 46.0 Å². The molecule has 0 radical (unpaired) electrons. The van der Waals surface area contributed by atoms with E-state index in [9.17, 15) is 0 Å². The summed E-state index contributed by atoms with van der Waals surface area (Å²) in [6, 6.07) is 91.6. The average molecular weight is 1570 g/mol. The molecule has 0 N–H and O–H groups in total. The van der Waals surface area contributed by atoms with Crippen LogP contribution in [0.4, 0.5) is 0 Å². The molecule has 5 aliphatic rings. The highest BCUT2D eigenvalue weighted by Crippen LogP contribution is 2.58. The van der Waals surface area contributed by atoms with Gasteiger partial charge in [0.05, 0.1) is 0 Å². The maximum atomic E-state index is 7.61. The van der Waals surface area contributed by atoms with E-state index in [1.54, 1.807) is 0 Å². The van der Waals surface area contributed by atoms with Gasteiger partial charge in [0.1, 0.15) is 56.3 Å². The highest BCUT2D eigenvalue weighted by Gasteiger charge is 2.42. The molecular weight excluding hydrogens is 1510 g/mol. The molecule has 100 heavy (non-hydrogen) atoms. The van der Waals surface area contributed by atoms with Crippen LogP contribution < -0.4 is 37.9 Å². The zero-order valence-electron chi connectivity index (χ0n) is 54.3. The zero-order valence-corrected chi connectivity index (χ0v) is 60.7. The van der Waals surface area contributed by atoms with Gasteiger partial charge in [-0.1, -0.05) is 212 Å². The molecule has 4 aliphatic heterocycles. The van der Waals surface area contributed by atoms with Gasteiger partial charge >= 0.3 is 0 Å². The molecule has 13 heteroatoms. The summed E-state index contributed by atoms with van der Waals surface area (Å²) in [5.41, 5.74) is 15.9. The molecule has 0 saturated carbocycles. The molecule has 496 valence electrons. The summed E-state index contributed by atoms with van der Waals surface area (Å²) in [6.45, 7) is 0. The van der Waals surface area contributed by atoms with Crippen LogP contribution in [-0.4, -0.2) is 4.98 Å². The second-order valence-corrected chi connectivity index (χ2v) is 29.9. The van der Waals surface area contributed by atoms with Gasteiger partial charge in [0.2, 0.25) is 0 Å². The second kappa shape index (κ2) is 28.1. The van der Waals surface area contributed by atoms with Crippen molar-refractivity contribution in [3.8, 4) is 46.0 Å². The Morgan fingerprint density at radius 2 is 0.480 bits per heavy atom. The van der Waals surface area contributed by atoms with Crippen molar-refractivity contribution in [3.63, 3.8) is 0 Å². The number of ether oxygens (including phenoxy) is 8. The van der Waals surface area contributed by atoms with Crippen molar-refractivity contribution in [1.82, 2.24) is 4.98 Å². The molecular formula is C87H67Br4NO8. The SMILES string of the molecule is Brc1ccc(C2Oc3cc4c5cc3C(CCc3ccccc3)c3cc6c(cc3O2)OC(c2ccc(Br)cc2)Oc2cc3c(cc2C6CCc2ccccc2)C(CCc2ccccc2)c2cc(c(cc2OC(c2cccc(Br)n2)O3)OC(c2ccc(Br)cc2)O4)C5CCc2ccccc2)cc1. The molecule has 9 nitrogen and oxygen atoms in total. The number of hydrogen-bond acceptors (Lipinski definition) is 9. The third-order valence-electron chi connectivity index (χ3n) is 20.1. The number of nitrogens with zero attached hydrogens (tertiary/aromatic N) is 1. The van der Waals surface area contributed by atoms with E-state index in [0.29, 0.717) is 82.0 Å². The van der Waals surface area contributed by atoms with Crippen LogP contribution in [0.3, 0.4) is 0 Å². The number of halogens is 4. The summed E-state index contributed by atoms with van der Waals surface area (Å²) in [5, 5.41) is 0. The first-order valence-electron chi connectivity index (χ1n) is 34.2. The summed E-state index contributed by atoms with van der Waals surface area (Å²) in [4.78, 5) is 5.07. The lowest BCUT2D eigenvalue weighted by molar-refractivity contribution is -0.0130. The van der Waals surface area contributed by atoms with Gasteiger partial charge in [-0.15, -0.1) is 0 Å². The van der Waals surface area contributed by atoms with Crippen molar-refractivity contribution < 1.29 is 37.9 Å². The van der Waals surface area contributed by atoms with E-state index < -0.39 is 25.2 Å². The highest BCUT2D eigenvalue weighted by molar-refractivity contribution is 9.11. The standard InChI is InChI=1S/C87H67Br4NO8/c88-59-34-28-56(29-35-59)84-93-75-48-77-68-44-66(75)62(40-24-52-14-5-1-6-15-52)67-45-69-64(42-26-54-18-9-3-10-19-54)71-47-73-65(43-27-55-20-11-4-12-21-55)72-46-70(63(68)41-25-53-16-7-2-8-17-53)79(97-85(95-77)57-30-36-60(89)37-31-57)50-81(72)99-87(74-22-13-23-83(91)92-74)100-82(73)51-80(71)98-86(58-32-38-61(90)39-33-58)96-78(69)49-76(67)94-84/h1-23,28-39,44-51,62-65,84-87H,24-27,40-43H2. The lowest BCUT2D eigenvalue weighted by atomic mass is 9.75. The Kier molecular flexibility index (Phi) is 18.1. The predicted molar refractivity (Wildman–Crippen MR) is 403 cm³/mol. The van der Waals surface area contributed by atoms with Gasteiger partial charge in [-0.2, -0.15) is 0 Å². The second-order valence-electron chi connectivity index (χ2n) is 26.3. The highest BCUT2D eigenvalue weighted by atomic mass is 79.9. The summed E-state index contributed by atoms with van der Waals surface area (Å²) in [7, 11) is 0. The fraction of sp³-hybridized carbons (Fsp3) is 0.184. The minimum atomic E-state index is -1.06. The number of aromatic nitrogens is 1. The first-order valence-corrected chi connectivity index (χ1v) is 37.4. The Bertz CT molecular complexity index is 4730. The fourth-order valence-corrected chi connectivity index (χ4v) is 16.2.